The van der Waals surface area contributed by atoms with E-state index in [1.54, 1.807) is 12.1 Å². The number of rotatable bonds is 8. The Bertz CT molecular complexity index is 780. The number of nitrogens with one attached hydrogen (secondary N) is 2. The molecule has 2 rings (SSSR count). The van der Waals surface area contributed by atoms with Gasteiger partial charge in [-0.05, 0) is 61.4 Å². The summed E-state index contributed by atoms with van der Waals surface area (Å²) in [5.41, 5.74) is 3.64. The highest BCUT2D eigenvalue weighted by Crippen LogP contribution is 2.20. The molecular weight excluding hydrogens is 368 g/mol. The van der Waals surface area contributed by atoms with Gasteiger partial charge in [0.25, 0.3) is 0 Å². The van der Waals surface area contributed by atoms with E-state index < -0.39 is 0 Å². The van der Waals surface area contributed by atoms with Crippen LogP contribution in [0, 0.1) is 13.8 Å². The maximum Gasteiger partial charge on any atom is 0.234 e. The third-order valence-corrected chi connectivity index (χ3v) is 4.98. The van der Waals surface area contributed by atoms with E-state index in [0.29, 0.717) is 17.2 Å². The molecule has 0 spiro atoms. The number of aryl methyl sites for hydroxylation is 2. The zero-order chi connectivity index (χ0) is 18.9. The third kappa shape index (κ3) is 7.10. The molecule has 0 unspecified atom stereocenters. The lowest BCUT2D eigenvalue weighted by molar-refractivity contribution is -0.116. The molecule has 0 aromatic heterocycles. The van der Waals surface area contributed by atoms with E-state index in [2.05, 4.69) is 10.6 Å². The van der Waals surface area contributed by atoms with Crippen molar-refractivity contribution in [3.8, 4) is 0 Å². The van der Waals surface area contributed by atoms with Crippen LogP contribution in [0.5, 0.6) is 0 Å². The molecule has 0 aliphatic carbocycles. The summed E-state index contributed by atoms with van der Waals surface area (Å²) in [6.07, 6.45) is 1.17. The number of hydrogen-bond donors (Lipinski definition) is 2. The van der Waals surface area contributed by atoms with Crippen molar-refractivity contribution in [2.45, 2.75) is 26.7 Å². The first-order chi connectivity index (χ1) is 12.4. The maximum absolute atomic E-state index is 12.0. The predicted octanol–water partition coefficient (Wildman–Crippen LogP) is 5.05. The maximum atomic E-state index is 12.0. The lowest BCUT2D eigenvalue weighted by Gasteiger charge is -2.09. The van der Waals surface area contributed by atoms with Crippen LogP contribution >= 0.6 is 23.4 Å². The van der Waals surface area contributed by atoms with Gasteiger partial charge >= 0.3 is 0 Å². The van der Waals surface area contributed by atoms with E-state index in [4.69, 9.17) is 11.6 Å². The van der Waals surface area contributed by atoms with Gasteiger partial charge in [-0.25, -0.2) is 0 Å². The molecule has 138 valence electrons. The lowest BCUT2D eigenvalue weighted by atomic mass is 10.2. The second-order valence-electron chi connectivity index (χ2n) is 6.08. The molecule has 2 N–H and O–H groups in total. The van der Waals surface area contributed by atoms with Crippen LogP contribution in [0.2, 0.25) is 5.02 Å². The van der Waals surface area contributed by atoms with E-state index in [9.17, 15) is 9.59 Å². The average Bonchev–Trinajstić information content (AvgIpc) is 2.58. The molecule has 0 atom stereocenters. The minimum absolute atomic E-state index is 0.00444. The topological polar surface area (TPSA) is 58.2 Å². The predicted molar refractivity (Wildman–Crippen MR) is 111 cm³/mol. The molecule has 2 amide bonds. The van der Waals surface area contributed by atoms with Gasteiger partial charge in [0.05, 0.1) is 5.75 Å². The second-order valence-corrected chi connectivity index (χ2v) is 7.62. The summed E-state index contributed by atoms with van der Waals surface area (Å²) >= 11 is 7.46. The Morgan fingerprint density at radius 3 is 2.62 bits per heavy atom. The SMILES string of the molecule is Cc1cccc(NC(=O)CCCSCC(=O)Nc2cc(Cl)ccc2C)c1. The Balaban J connectivity index is 1.63. The fourth-order valence-corrected chi connectivity index (χ4v) is 3.28. The van der Waals surface area contributed by atoms with Crippen molar-refractivity contribution in [2.24, 2.45) is 0 Å². The van der Waals surface area contributed by atoms with Gasteiger partial charge in [0, 0.05) is 22.8 Å². The number of thioether (sulfide) groups is 1. The van der Waals surface area contributed by atoms with Crippen LogP contribution in [0.15, 0.2) is 42.5 Å². The first-order valence-electron chi connectivity index (χ1n) is 8.44. The molecule has 0 saturated carbocycles. The van der Waals surface area contributed by atoms with Gasteiger partial charge in [-0.15, -0.1) is 0 Å². The smallest absolute Gasteiger partial charge is 0.234 e. The molecule has 0 bridgehead atoms. The van der Waals surface area contributed by atoms with E-state index >= 15 is 0 Å². The van der Waals surface area contributed by atoms with Gasteiger partial charge in [0.15, 0.2) is 0 Å². The highest BCUT2D eigenvalue weighted by Gasteiger charge is 2.07. The minimum atomic E-state index is -0.0652. The first kappa shape index (κ1) is 20.3. The van der Waals surface area contributed by atoms with Crippen molar-refractivity contribution < 1.29 is 9.59 Å². The number of carbonyl (C=O) groups is 2. The number of anilines is 2. The van der Waals surface area contributed by atoms with Crippen LogP contribution in [0.1, 0.15) is 24.0 Å². The molecule has 0 heterocycles. The molecule has 0 saturated heterocycles. The van der Waals surface area contributed by atoms with Crippen molar-refractivity contribution in [3.63, 3.8) is 0 Å². The summed E-state index contributed by atoms with van der Waals surface area (Å²) < 4.78 is 0. The molecule has 6 heteroatoms. The molecule has 4 nitrogen and oxygen atoms in total. The van der Waals surface area contributed by atoms with Gasteiger partial charge in [-0.1, -0.05) is 29.8 Å². The zero-order valence-corrected chi connectivity index (χ0v) is 16.5. The normalized spacial score (nSPS) is 10.4. The molecule has 2 aromatic rings. The second kappa shape index (κ2) is 10.2. The number of amides is 2. The largest absolute Gasteiger partial charge is 0.326 e. The summed E-state index contributed by atoms with van der Waals surface area (Å²) in [5, 5.41) is 6.35. The lowest BCUT2D eigenvalue weighted by Crippen LogP contribution is -2.15. The van der Waals surface area contributed by atoms with E-state index in [0.717, 1.165) is 34.7 Å². The number of hydrogen-bond acceptors (Lipinski definition) is 3. The molecule has 0 aliphatic heterocycles. The molecule has 2 aromatic carbocycles. The van der Waals surface area contributed by atoms with Gasteiger partial charge in [0.1, 0.15) is 0 Å². The molecule has 0 radical (unpaired) electrons. The van der Waals surface area contributed by atoms with Crippen molar-refractivity contribution >= 4 is 46.6 Å². The van der Waals surface area contributed by atoms with Crippen molar-refractivity contribution in [1.82, 2.24) is 0 Å². The van der Waals surface area contributed by atoms with Crippen LogP contribution in [0.25, 0.3) is 0 Å². The van der Waals surface area contributed by atoms with Crippen LogP contribution in [-0.4, -0.2) is 23.3 Å². The average molecular weight is 391 g/mol. The van der Waals surface area contributed by atoms with Gasteiger partial charge in [-0.2, -0.15) is 11.8 Å². The Hall–Kier alpha value is -1.98. The molecular formula is C20H23ClN2O2S. The number of halogens is 1. The molecule has 0 fully saturated rings. The van der Waals surface area contributed by atoms with E-state index in [1.807, 2.05) is 44.2 Å². The van der Waals surface area contributed by atoms with Crippen LogP contribution in [0.3, 0.4) is 0 Å². The Kier molecular flexibility index (Phi) is 8.01. The summed E-state index contributed by atoms with van der Waals surface area (Å²) in [5.74, 6) is 1.04. The van der Waals surface area contributed by atoms with Crippen LogP contribution in [0.4, 0.5) is 11.4 Å². The summed E-state index contributed by atoms with van der Waals surface area (Å²) in [4.78, 5) is 23.9. The fraction of sp³-hybridized carbons (Fsp3) is 0.300. The highest BCUT2D eigenvalue weighted by atomic mass is 35.5. The first-order valence-corrected chi connectivity index (χ1v) is 9.97. The number of carbonyl (C=O) groups excluding carboxylic acids is 2. The molecule has 26 heavy (non-hydrogen) atoms. The van der Waals surface area contributed by atoms with Crippen molar-refractivity contribution in [3.05, 3.63) is 58.6 Å². The highest BCUT2D eigenvalue weighted by molar-refractivity contribution is 7.99. The summed E-state index contributed by atoms with van der Waals surface area (Å²) in [6, 6.07) is 13.1. The third-order valence-electron chi connectivity index (χ3n) is 3.70. The quantitative estimate of drug-likeness (QED) is 0.620. The van der Waals surface area contributed by atoms with Crippen LogP contribution in [-0.2, 0) is 9.59 Å². The van der Waals surface area contributed by atoms with Gasteiger partial charge in [-0.3, -0.25) is 9.59 Å². The number of benzene rings is 2. The monoisotopic (exact) mass is 390 g/mol. The van der Waals surface area contributed by atoms with E-state index in [1.165, 1.54) is 11.8 Å². The Morgan fingerprint density at radius 2 is 1.85 bits per heavy atom. The van der Waals surface area contributed by atoms with E-state index in [-0.39, 0.29) is 11.8 Å². The van der Waals surface area contributed by atoms with Crippen LogP contribution < -0.4 is 10.6 Å². The summed E-state index contributed by atoms with van der Waals surface area (Å²) in [6.45, 7) is 3.91. The molecule has 0 aliphatic rings. The Morgan fingerprint density at radius 1 is 1.04 bits per heavy atom. The minimum Gasteiger partial charge on any atom is -0.326 e. The fourth-order valence-electron chi connectivity index (χ4n) is 2.36. The van der Waals surface area contributed by atoms with Gasteiger partial charge in [0.2, 0.25) is 11.8 Å². The zero-order valence-electron chi connectivity index (χ0n) is 15.0. The van der Waals surface area contributed by atoms with Gasteiger partial charge < -0.3 is 10.6 Å². The van der Waals surface area contributed by atoms with Crippen molar-refractivity contribution in [1.29, 1.82) is 0 Å². The van der Waals surface area contributed by atoms with Crippen molar-refractivity contribution in [2.75, 3.05) is 22.1 Å². The summed E-state index contributed by atoms with van der Waals surface area (Å²) in [7, 11) is 0. The standard InChI is InChI=1S/C20H23ClN2O2S/c1-14-5-3-6-17(11-14)22-19(24)7-4-10-26-13-20(25)23-18-12-16(21)9-8-15(18)2/h3,5-6,8-9,11-12H,4,7,10,13H2,1-2H3,(H,22,24)(H,23,25). The Labute approximate surface area is 163 Å².